The van der Waals surface area contributed by atoms with Crippen LogP contribution < -0.4 is 5.73 Å². The third-order valence-electron chi connectivity index (χ3n) is 1.56. The molecule has 0 amide bonds. The van der Waals surface area contributed by atoms with Gasteiger partial charge in [0.1, 0.15) is 12.1 Å². The van der Waals surface area contributed by atoms with Crippen LogP contribution in [0.4, 0.5) is 0 Å². The number of carbonyl (C=O) groups is 1. The van der Waals surface area contributed by atoms with E-state index in [9.17, 15) is 4.79 Å². The first-order valence-corrected chi connectivity index (χ1v) is 4.06. The average Bonchev–Trinajstić information content (AvgIpc) is 2.02. The number of nitrogens with two attached hydrogens (primary N) is 1. The minimum Gasteiger partial charge on any atom is -0.459 e. The fraction of sp³-hybridized carbons (Fsp3) is 0.875. The Kier molecular flexibility index (Phi) is 4.85. The Morgan fingerprint density at radius 3 is 2.33 bits per heavy atom. The van der Waals surface area contributed by atoms with Gasteiger partial charge in [-0.15, -0.1) is 0 Å². The number of carbonyl (C=O) groups excluding carboxylic acids is 1. The second-order valence-electron chi connectivity index (χ2n) is 3.20. The summed E-state index contributed by atoms with van der Waals surface area (Å²) in [7, 11) is 0. The largest absolute Gasteiger partial charge is 0.459 e. The second-order valence-corrected chi connectivity index (χ2v) is 3.20. The maximum Gasteiger partial charge on any atom is 0.323 e. The summed E-state index contributed by atoms with van der Waals surface area (Å²) in [5.41, 5.74) is 5.51. The molecule has 0 saturated carbocycles. The third kappa shape index (κ3) is 3.69. The normalized spacial score (nSPS) is 15.8. The Balaban J connectivity index is 3.87. The molecule has 0 aliphatic heterocycles. The highest BCUT2D eigenvalue weighted by atomic mass is 16.6. The summed E-state index contributed by atoms with van der Waals surface area (Å²) >= 11 is 0. The van der Waals surface area contributed by atoms with Crippen LogP contribution in [-0.2, 0) is 9.53 Å². The van der Waals surface area contributed by atoms with Crippen molar-refractivity contribution in [2.75, 3.05) is 6.61 Å². The Morgan fingerprint density at radius 1 is 1.50 bits per heavy atom. The van der Waals surface area contributed by atoms with Crippen molar-refractivity contribution in [3.63, 3.8) is 0 Å². The number of esters is 1. The van der Waals surface area contributed by atoms with Gasteiger partial charge in [-0.1, -0.05) is 13.8 Å². The zero-order chi connectivity index (χ0) is 9.72. The molecule has 3 N–H and O–H groups in total. The van der Waals surface area contributed by atoms with Crippen LogP contribution in [0.25, 0.3) is 0 Å². The van der Waals surface area contributed by atoms with Crippen molar-refractivity contribution in [1.29, 1.82) is 0 Å². The van der Waals surface area contributed by atoms with Crippen molar-refractivity contribution in [2.24, 2.45) is 11.7 Å². The molecule has 0 fully saturated rings. The minimum absolute atomic E-state index is 0.0587. The van der Waals surface area contributed by atoms with E-state index >= 15 is 0 Å². The van der Waals surface area contributed by atoms with Gasteiger partial charge in [-0.05, 0) is 12.8 Å². The van der Waals surface area contributed by atoms with E-state index in [0.717, 1.165) is 0 Å². The number of ether oxygens (including phenoxy) is 1. The number of aliphatic hydroxyl groups is 1. The van der Waals surface area contributed by atoms with Crippen molar-refractivity contribution in [2.45, 2.75) is 32.9 Å². The van der Waals surface area contributed by atoms with Gasteiger partial charge in [-0.3, -0.25) is 4.79 Å². The van der Waals surface area contributed by atoms with Crippen LogP contribution in [0.15, 0.2) is 0 Å². The summed E-state index contributed by atoms with van der Waals surface area (Å²) in [6, 6.07) is -0.598. The van der Waals surface area contributed by atoms with Gasteiger partial charge in [0.2, 0.25) is 0 Å². The van der Waals surface area contributed by atoms with Crippen LogP contribution in [-0.4, -0.2) is 29.8 Å². The number of rotatable bonds is 4. The van der Waals surface area contributed by atoms with Crippen molar-refractivity contribution in [3.8, 4) is 0 Å². The fourth-order valence-corrected chi connectivity index (χ4v) is 0.586. The first-order valence-electron chi connectivity index (χ1n) is 4.06. The Bertz CT molecular complexity index is 147. The molecule has 4 nitrogen and oxygen atoms in total. The number of aliphatic hydroxyl groups excluding tert-OH is 1. The van der Waals surface area contributed by atoms with Crippen LogP contribution >= 0.6 is 0 Å². The predicted molar refractivity (Wildman–Crippen MR) is 45.5 cm³/mol. The third-order valence-corrected chi connectivity index (χ3v) is 1.56. The van der Waals surface area contributed by atoms with Gasteiger partial charge in [0.05, 0.1) is 6.61 Å². The van der Waals surface area contributed by atoms with Crippen LogP contribution in [0.2, 0.25) is 0 Å². The van der Waals surface area contributed by atoms with Crippen molar-refractivity contribution < 1.29 is 14.6 Å². The van der Waals surface area contributed by atoms with E-state index in [1.165, 1.54) is 0 Å². The topological polar surface area (TPSA) is 72.5 Å². The van der Waals surface area contributed by atoms with E-state index in [1.807, 2.05) is 13.8 Å². The minimum atomic E-state index is -0.598. The highest BCUT2D eigenvalue weighted by Gasteiger charge is 2.20. The average molecular weight is 175 g/mol. The maximum atomic E-state index is 11.1. The molecule has 0 aromatic heterocycles. The standard InChI is InChI=1S/C8H17NO3/c1-5(2)7(9)8(11)12-6(3)4-10/h5-7,10H,4,9H2,1-3H3. The summed E-state index contributed by atoms with van der Waals surface area (Å²) in [6.07, 6.45) is -0.470. The van der Waals surface area contributed by atoms with E-state index < -0.39 is 18.1 Å². The van der Waals surface area contributed by atoms with Gasteiger partial charge < -0.3 is 15.6 Å². The zero-order valence-corrected chi connectivity index (χ0v) is 7.78. The summed E-state index contributed by atoms with van der Waals surface area (Å²) in [5, 5.41) is 8.59. The quantitative estimate of drug-likeness (QED) is 0.585. The van der Waals surface area contributed by atoms with Gasteiger partial charge in [0.15, 0.2) is 0 Å². The SMILES string of the molecule is CC(CO)OC(=O)C(N)C(C)C. The van der Waals surface area contributed by atoms with Crippen LogP contribution in [0.5, 0.6) is 0 Å². The van der Waals surface area contributed by atoms with Crippen LogP contribution in [0, 0.1) is 5.92 Å². The van der Waals surface area contributed by atoms with Crippen LogP contribution in [0.3, 0.4) is 0 Å². The molecule has 2 unspecified atom stereocenters. The van der Waals surface area contributed by atoms with Crippen molar-refractivity contribution >= 4 is 5.97 Å². The van der Waals surface area contributed by atoms with Gasteiger partial charge in [-0.25, -0.2) is 0 Å². The molecule has 72 valence electrons. The molecular formula is C8H17NO3. The highest BCUT2D eigenvalue weighted by Crippen LogP contribution is 2.02. The smallest absolute Gasteiger partial charge is 0.323 e. The first kappa shape index (κ1) is 11.4. The lowest BCUT2D eigenvalue weighted by Gasteiger charge is -2.17. The number of hydrogen-bond donors (Lipinski definition) is 2. The summed E-state index contributed by atoms with van der Waals surface area (Å²) < 4.78 is 4.81. The Labute approximate surface area is 72.7 Å². The van der Waals surface area contributed by atoms with Crippen molar-refractivity contribution in [1.82, 2.24) is 0 Å². The Morgan fingerprint density at radius 2 is 2.00 bits per heavy atom. The first-order chi connectivity index (χ1) is 5.49. The molecule has 2 atom stereocenters. The number of hydrogen-bond acceptors (Lipinski definition) is 4. The summed E-state index contributed by atoms with van der Waals surface area (Å²) in [6.45, 7) is 5.13. The van der Waals surface area contributed by atoms with Gasteiger partial charge in [0.25, 0.3) is 0 Å². The lowest BCUT2D eigenvalue weighted by Crippen LogP contribution is -2.39. The molecule has 0 rings (SSSR count). The highest BCUT2D eigenvalue weighted by molar-refractivity contribution is 5.75. The van der Waals surface area contributed by atoms with Gasteiger partial charge in [0, 0.05) is 0 Å². The van der Waals surface area contributed by atoms with E-state index in [0.29, 0.717) is 0 Å². The lowest BCUT2D eigenvalue weighted by atomic mass is 10.1. The van der Waals surface area contributed by atoms with E-state index in [-0.39, 0.29) is 12.5 Å². The second kappa shape index (κ2) is 5.11. The molecule has 0 aromatic rings. The molecule has 0 aromatic carbocycles. The predicted octanol–water partition coefficient (Wildman–Crippen LogP) is -0.106. The molecule has 12 heavy (non-hydrogen) atoms. The molecule has 4 heteroatoms. The summed E-state index contributed by atoms with van der Waals surface area (Å²) in [4.78, 5) is 11.1. The molecular weight excluding hydrogens is 158 g/mol. The molecule has 0 radical (unpaired) electrons. The fourth-order valence-electron chi connectivity index (χ4n) is 0.586. The molecule has 0 saturated heterocycles. The molecule has 0 aliphatic carbocycles. The molecule has 0 bridgehead atoms. The van der Waals surface area contributed by atoms with Crippen molar-refractivity contribution in [3.05, 3.63) is 0 Å². The monoisotopic (exact) mass is 175 g/mol. The Hall–Kier alpha value is -0.610. The van der Waals surface area contributed by atoms with E-state index in [1.54, 1.807) is 6.92 Å². The van der Waals surface area contributed by atoms with Gasteiger partial charge in [-0.2, -0.15) is 0 Å². The zero-order valence-electron chi connectivity index (χ0n) is 7.78. The van der Waals surface area contributed by atoms with Gasteiger partial charge >= 0.3 is 5.97 Å². The molecule has 0 spiro atoms. The summed E-state index contributed by atoms with van der Waals surface area (Å²) in [5.74, 6) is -0.394. The van der Waals surface area contributed by atoms with E-state index in [4.69, 9.17) is 15.6 Å². The molecule has 0 heterocycles. The van der Waals surface area contributed by atoms with Crippen LogP contribution in [0.1, 0.15) is 20.8 Å². The lowest BCUT2D eigenvalue weighted by molar-refractivity contribution is -0.152. The molecule has 0 aliphatic rings. The maximum absolute atomic E-state index is 11.1. The van der Waals surface area contributed by atoms with E-state index in [2.05, 4.69) is 0 Å².